The summed E-state index contributed by atoms with van der Waals surface area (Å²) in [5, 5.41) is 21.3. The van der Waals surface area contributed by atoms with Crippen LogP contribution in [0, 0.1) is 3.95 Å². The zero-order chi connectivity index (χ0) is 13.7. The van der Waals surface area contributed by atoms with E-state index in [0.29, 0.717) is 9.09 Å². The van der Waals surface area contributed by atoms with E-state index in [1.807, 2.05) is 0 Å². The van der Waals surface area contributed by atoms with Crippen LogP contribution in [0.5, 0.6) is 5.88 Å². The summed E-state index contributed by atoms with van der Waals surface area (Å²) < 4.78 is 2.17. The van der Waals surface area contributed by atoms with Crippen molar-refractivity contribution in [3.8, 4) is 11.0 Å². The van der Waals surface area contributed by atoms with Crippen LogP contribution in [-0.2, 0) is 6.42 Å². The van der Waals surface area contributed by atoms with Crippen LogP contribution in [0.4, 0.5) is 0 Å². The van der Waals surface area contributed by atoms with Gasteiger partial charge in [-0.2, -0.15) is 0 Å². The van der Waals surface area contributed by atoms with Gasteiger partial charge in [-0.1, -0.05) is 43.9 Å². The predicted octanol–water partition coefficient (Wildman–Crippen LogP) is 4.34. The van der Waals surface area contributed by atoms with Gasteiger partial charge in [0, 0.05) is 6.42 Å². The van der Waals surface area contributed by atoms with E-state index in [0.717, 1.165) is 17.8 Å². The summed E-state index contributed by atoms with van der Waals surface area (Å²) in [5.41, 5.74) is 0. The van der Waals surface area contributed by atoms with Crippen molar-refractivity contribution < 1.29 is 5.11 Å². The Morgan fingerprint density at radius 1 is 1.26 bits per heavy atom. The lowest BCUT2D eigenvalue weighted by molar-refractivity contribution is 0.441. The van der Waals surface area contributed by atoms with E-state index in [2.05, 4.69) is 17.1 Å². The van der Waals surface area contributed by atoms with E-state index >= 15 is 0 Å². The predicted molar refractivity (Wildman–Crippen MR) is 82.1 cm³/mol. The third-order valence-corrected chi connectivity index (χ3v) is 4.97. The first-order chi connectivity index (χ1) is 9.22. The van der Waals surface area contributed by atoms with Crippen LogP contribution >= 0.6 is 34.9 Å². The molecule has 0 radical (unpaired) electrons. The number of rotatable bonds is 7. The average molecular weight is 315 g/mol. The molecule has 0 aliphatic rings. The Kier molecular flexibility index (Phi) is 5.47. The van der Waals surface area contributed by atoms with Gasteiger partial charge < -0.3 is 5.11 Å². The number of unbranched alkanes of at least 4 members (excludes halogenated alkanes) is 4. The zero-order valence-electron chi connectivity index (χ0n) is 10.8. The van der Waals surface area contributed by atoms with E-state index in [1.165, 1.54) is 48.4 Å². The van der Waals surface area contributed by atoms with Crippen LogP contribution in [0.1, 0.15) is 44.0 Å². The number of hydrogen-bond acceptors (Lipinski definition) is 6. The quantitative estimate of drug-likeness (QED) is 0.610. The number of aromatic hydroxyl groups is 1. The summed E-state index contributed by atoms with van der Waals surface area (Å²) in [6, 6.07) is 0. The molecule has 2 aromatic rings. The fourth-order valence-electron chi connectivity index (χ4n) is 1.79. The summed E-state index contributed by atoms with van der Waals surface area (Å²) in [4.78, 5) is 0. The molecule has 0 aliphatic heterocycles. The highest BCUT2D eigenvalue weighted by molar-refractivity contribution is 7.73. The van der Waals surface area contributed by atoms with Crippen molar-refractivity contribution in [3.05, 3.63) is 14.3 Å². The van der Waals surface area contributed by atoms with Crippen molar-refractivity contribution >= 4 is 34.9 Å². The van der Waals surface area contributed by atoms with Gasteiger partial charge in [0.1, 0.15) is 5.01 Å². The second-order valence-corrected chi connectivity index (χ2v) is 6.88. The van der Waals surface area contributed by atoms with Crippen molar-refractivity contribution in [1.29, 1.82) is 0 Å². The van der Waals surface area contributed by atoms with Gasteiger partial charge in [-0.3, -0.25) is 0 Å². The van der Waals surface area contributed by atoms with Crippen molar-refractivity contribution in [1.82, 2.24) is 14.8 Å². The smallest absolute Gasteiger partial charge is 0.221 e. The summed E-state index contributed by atoms with van der Waals surface area (Å²) in [6.45, 7) is 2.22. The molecule has 2 heterocycles. The number of aryl methyl sites for hydroxylation is 1. The lowest BCUT2D eigenvalue weighted by Gasteiger charge is -1.97. The first kappa shape index (κ1) is 14.6. The summed E-state index contributed by atoms with van der Waals surface area (Å²) in [7, 11) is 0. The van der Waals surface area contributed by atoms with Gasteiger partial charge in [-0.05, 0) is 18.6 Å². The van der Waals surface area contributed by atoms with Gasteiger partial charge in [0.2, 0.25) is 11.0 Å². The molecule has 0 atom stereocenters. The molecule has 0 bridgehead atoms. The van der Waals surface area contributed by atoms with E-state index in [9.17, 15) is 5.11 Å². The van der Waals surface area contributed by atoms with E-state index in [1.54, 1.807) is 9.95 Å². The summed E-state index contributed by atoms with van der Waals surface area (Å²) in [5.74, 6) is 0.139. The third kappa shape index (κ3) is 3.84. The molecule has 2 rings (SSSR count). The molecule has 104 valence electrons. The molecule has 0 fully saturated rings. The highest BCUT2D eigenvalue weighted by atomic mass is 32.1. The number of thiazole rings is 1. The lowest BCUT2D eigenvalue weighted by atomic mass is 10.1. The van der Waals surface area contributed by atoms with Crippen molar-refractivity contribution in [2.24, 2.45) is 0 Å². The molecule has 0 saturated carbocycles. The molecular formula is C12H17N3OS3. The number of nitrogens with zero attached hydrogens (tertiary/aromatic N) is 3. The first-order valence-corrected chi connectivity index (χ1v) is 8.55. The van der Waals surface area contributed by atoms with E-state index in [-0.39, 0.29) is 5.88 Å². The molecule has 7 heteroatoms. The largest absolute Gasteiger partial charge is 0.494 e. The van der Waals surface area contributed by atoms with Gasteiger partial charge in [0.05, 0.1) is 5.38 Å². The minimum Gasteiger partial charge on any atom is -0.494 e. The number of hydrogen-bond donors (Lipinski definition) is 1. The minimum absolute atomic E-state index is 0.139. The van der Waals surface area contributed by atoms with Gasteiger partial charge in [0.15, 0.2) is 3.95 Å². The molecule has 0 unspecified atom stereocenters. The Hall–Kier alpha value is -0.790. The van der Waals surface area contributed by atoms with Crippen LogP contribution in [0.25, 0.3) is 5.13 Å². The SMILES string of the molecule is CCCCCCCc1nnc(-n2c(O)csc2=S)s1. The lowest BCUT2D eigenvalue weighted by Crippen LogP contribution is -1.91. The molecule has 19 heavy (non-hydrogen) atoms. The molecule has 0 amide bonds. The van der Waals surface area contributed by atoms with Crippen molar-refractivity contribution in [2.45, 2.75) is 45.4 Å². The van der Waals surface area contributed by atoms with Gasteiger partial charge in [-0.25, -0.2) is 4.57 Å². The molecule has 0 aromatic carbocycles. The Balaban J connectivity index is 1.94. The maximum atomic E-state index is 9.71. The first-order valence-electron chi connectivity index (χ1n) is 6.44. The van der Waals surface area contributed by atoms with Gasteiger partial charge in [-0.15, -0.1) is 21.5 Å². The minimum atomic E-state index is 0.139. The zero-order valence-corrected chi connectivity index (χ0v) is 13.3. The Labute approximate surface area is 125 Å². The molecule has 0 aliphatic carbocycles. The average Bonchev–Trinajstić information content (AvgIpc) is 2.96. The number of aromatic nitrogens is 3. The van der Waals surface area contributed by atoms with Crippen LogP contribution < -0.4 is 0 Å². The molecule has 0 saturated heterocycles. The second-order valence-electron chi connectivity index (χ2n) is 4.34. The fraction of sp³-hybridized carbons (Fsp3) is 0.583. The van der Waals surface area contributed by atoms with Crippen molar-refractivity contribution in [2.75, 3.05) is 0 Å². The maximum absolute atomic E-state index is 9.71. The Morgan fingerprint density at radius 3 is 2.74 bits per heavy atom. The summed E-state index contributed by atoms with van der Waals surface area (Å²) >= 11 is 7.99. The molecule has 2 aromatic heterocycles. The molecular weight excluding hydrogens is 298 g/mol. The monoisotopic (exact) mass is 315 g/mol. The van der Waals surface area contributed by atoms with Crippen LogP contribution in [-0.4, -0.2) is 19.9 Å². The van der Waals surface area contributed by atoms with Gasteiger partial charge >= 0.3 is 0 Å². The Bertz CT molecular complexity index is 573. The van der Waals surface area contributed by atoms with Crippen molar-refractivity contribution in [3.63, 3.8) is 0 Å². The normalized spacial score (nSPS) is 11.0. The standard InChI is InChI=1S/C12H17N3OS3/c1-2-3-4-5-6-7-9-13-14-11(19-9)15-10(16)8-18-12(15)17/h8,16H,2-7H2,1H3. The molecule has 0 spiro atoms. The van der Waals surface area contributed by atoms with Crippen LogP contribution in [0.2, 0.25) is 0 Å². The van der Waals surface area contributed by atoms with E-state index < -0.39 is 0 Å². The van der Waals surface area contributed by atoms with Gasteiger partial charge in [0.25, 0.3) is 0 Å². The molecule has 1 N–H and O–H groups in total. The topological polar surface area (TPSA) is 50.9 Å². The van der Waals surface area contributed by atoms with Crippen LogP contribution in [0.15, 0.2) is 5.38 Å². The summed E-state index contributed by atoms with van der Waals surface area (Å²) in [6.07, 6.45) is 7.21. The van der Waals surface area contributed by atoms with Crippen LogP contribution in [0.3, 0.4) is 0 Å². The Morgan fingerprint density at radius 2 is 2.05 bits per heavy atom. The second kappa shape index (κ2) is 7.12. The fourth-order valence-corrected chi connectivity index (χ4v) is 3.73. The third-order valence-electron chi connectivity index (χ3n) is 2.82. The molecule has 4 nitrogen and oxygen atoms in total. The highest BCUT2D eigenvalue weighted by Gasteiger charge is 2.11. The highest BCUT2D eigenvalue weighted by Crippen LogP contribution is 2.25. The maximum Gasteiger partial charge on any atom is 0.221 e. The van der Waals surface area contributed by atoms with E-state index in [4.69, 9.17) is 12.2 Å².